The van der Waals surface area contributed by atoms with Crippen molar-refractivity contribution in [2.45, 2.75) is 32.3 Å². The minimum atomic E-state index is -1.17. The number of hydrogen-bond acceptors (Lipinski definition) is 4. The Hall–Kier alpha value is -2.86. The first-order valence-electron chi connectivity index (χ1n) is 9.97. The summed E-state index contributed by atoms with van der Waals surface area (Å²) in [6.07, 6.45) is 0.583. The first kappa shape index (κ1) is 19.5. The molecule has 1 saturated heterocycles. The maximum Gasteiger partial charge on any atom is 0.227 e. The van der Waals surface area contributed by atoms with Crippen LogP contribution in [-0.2, 0) is 15.2 Å². The molecule has 0 aromatic heterocycles. The number of aryl methyl sites for hydroxylation is 2. The lowest BCUT2D eigenvalue weighted by atomic mass is 9.88. The van der Waals surface area contributed by atoms with E-state index in [0.29, 0.717) is 30.9 Å². The topological polar surface area (TPSA) is 78.9 Å². The summed E-state index contributed by atoms with van der Waals surface area (Å²) in [5, 5.41) is 13.9. The fourth-order valence-corrected chi connectivity index (χ4v) is 4.03. The Morgan fingerprint density at radius 1 is 1.24 bits per heavy atom. The van der Waals surface area contributed by atoms with Gasteiger partial charge >= 0.3 is 0 Å². The molecule has 2 N–H and O–H groups in total. The first-order chi connectivity index (χ1) is 13.9. The Morgan fingerprint density at radius 3 is 2.83 bits per heavy atom. The first-order valence-corrected chi connectivity index (χ1v) is 9.97. The predicted molar refractivity (Wildman–Crippen MR) is 110 cm³/mol. The summed E-state index contributed by atoms with van der Waals surface area (Å²) >= 11 is 0. The smallest absolute Gasteiger partial charge is 0.227 e. The molecule has 152 valence electrons. The molecule has 2 aromatic rings. The highest BCUT2D eigenvalue weighted by molar-refractivity contribution is 6.00. The monoisotopic (exact) mass is 394 g/mol. The minimum Gasteiger partial charge on any atom is -0.493 e. The van der Waals surface area contributed by atoms with Crippen molar-refractivity contribution in [1.82, 2.24) is 5.32 Å². The number of aliphatic hydroxyl groups is 1. The largest absolute Gasteiger partial charge is 0.493 e. The Kier molecular flexibility index (Phi) is 5.04. The van der Waals surface area contributed by atoms with Gasteiger partial charge in [-0.1, -0.05) is 24.3 Å². The molecule has 0 spiro atoms. The van der Waals surface area contributed by atoms with Crippen LogP contribution in [0.5, 0.6) is 5.75 Å². The third kappa shape index (κ3) is 3.72. The van der Waals surface area contributed by atoms with E-state index in [-0.39, 0.29) is 24.8 Å². The Morgan fingerprint density at radius 2 is 2.03 bits per heavy atom. The second-order valence-electron chi connectivity index (χ2n) is 8.02. The molecule has 2 amide bonds. The number of nitrogens with one attached hydrogen (secondary N) is 1. The van der Waals surface area contributed by atoms with Gasteiger partial charge in [-0.3, -0.25) is 9.59 Å². The van der Waals surface area contributed by atoms with E-state index >= 15 is 0 Å². The lowest BCUT2D eigenvalue weighted by Gasteiger charge is -2.34. The van der Waals surface area contributed by atoms with Gasteiger partial charge in [0.2, 0.25) is 11.8 Å². The van der Waals surface area contributed by atoms with E-state index < -0.39 is 11.5 Å². The molecule has 2 aromatic carbocycles. The number of benzene rings is 2. The highest BCUT2D eigenvalue weighted by atomic mass is 16.5. The lowest BCUT2D eigenvalue weighted by molar-refractivity contribution is -0.127. The SMILES string of the molecule is Cc1ccc(N2C[C@H](C(=O)NC[C@]3(O)CCOc4ccccc43)CC2=O)cc1C. The van der Waals surface area contributed by atoms with Crippen LogP contribution in [0.4, 0.5) is 5.69 Å². The van der Waals surface area contributed by atoms with Crippen molar-refractivity contribution >= 4 is 17.5 Å². The third-order valence-corrected chi connectivity index (χ3v) is 6.01. The third-order valence-electron chi connectivity index (χ3n) is 6.01. The fraction of sp³-hybridized carbons (Fsp3) is 0.391. The predicted octanol–water partition coefficient (Wildman–Crippen LogP) is 2.44. The van der Waals surface area contributed by atoms with Gasteiger partial charge in [0.1, 0.15) is 11.4 Å². The second kappa shape index (κ2) is 7.52. The van der Waals surface area contributed by atoms with Crippen LogP contribution in [0.1, 0.15) is 29.5 Å². The molecule has 0 unspecified atom stereocenters. The van der Waals surface area contributed by atoms with E-state index in [4.69, 9.17) is 4.74 Å². The summed E-state index contributed by atoms with van der Waals surface area (Å²) in [5.41, 5.74) is 2.63. The zero-order chi connectivity index (χ0) is 20.6. The molecule has 0 aliphatic carbocycles. The van der Waals surface area contributed by atoms with E-state index in [0.717, 1.165) is 11.3 Å². The minimum absolute atomic E-state index is 0.0523. The number of rotatable bonds is 4. The zero-order valence-electron chi connectivity index (χ0n) is 16.8. The number of ether oxygens (including phenoxy) is 1. The number of carbonyl (C=O) groups excluding carboxylic acids is 2. The molecule has 6 nitrogen and oxygen atoms in total. The van der Waals surface area contributed by atoms with Crippen molar-refractivity contribution in [2.24, 2.45) is 5.92 Å². The molecular weight excluding hydrogens is 368 g/mol. The standard InChI is InChI=1S/C23H26N2O4/c1-15-7-8-18(11-16(15)2)25-13-17(12-21(25)26)22(27)24-14-23(28)9-10-29-20-6-4-3-5-19(20)23/h3-8,11,17,28H,9-10,12-14H2,1-2H3,(H,24,27)/t17-,23-/m1/s1. The van der Waals surface area contributed by atoms with E-state index in [2.05, 4.69) is 5.32 Å². The van der Waals surface area contributed by atoms with Crippen LogP contribution in [0.2, 0.25) is 0 Å². The second-order valence-corrected chi connectivity index (χ2v) is 8.02. The number of carbonyl (C=O) groups is 2. The number of nitrogens with zero attached hydrogens (tertiary/aromatic N) is 1. The Balaban J connectivity index is 1.42. The van der Waals surface area contributed by atoms with E-state index in [1.807, 2.05) is 56.3 Å². The summed E-state index contributed by atoms with van der Waals surface area (Å²) in [6.45, 7) is 4.88. The molecule has 2 atom stereocenters. The van der Waals surface area contributed by atoms with Crippen LogP contribution in [0.25, 0.3) is 0 Å². The van der Waals surface area contributed by atoms with E-state index in [1.54, 1.807) is 4.90 Å². The average Bonchev–Trinajstić information content (AvgIpc) is 3.10. The molecule has 0 saturated carbocycles. The van der Waals surface area contributed by atoms with Gasteiger partial charge in [0.15, 0.2) is 0 Å². The van der Waals surface area contributed by atoms with Gasteiger partial charge in [0, 0.05) is 30.6 Å². The maximum absolute atomic E-state index is 12.8. The number of para-hydroxylation sites is 1. The number of amides is 2. The number of hydrogen-bond donors (Lipinski definition) is 2. The summed E-state index contributed by atoms with van der Waals surface area (Å²) in [6, 6.07) is 13.2. The van der Waals surface area contributed by atoms with Crippen LogP contribution in [0.3, 0.4) is 0 Å². The molecule has 2 heterocycles. The molecule has 1 fully saturated rings. The van der Waals surface area contributed by atoms with Gasteiger partial charge in [-0.15, -0.1) is 0 Å². The summed E-state index contributed by atoms with van der Waals surface area (Å²) < 4.78 is 5.60. The van der Waals surface area contributed by atoms with Gasteiger partial charge in [-0.25, -0.2) is 0 Å². The Bertz CT molecular complexity index is 958. The van der Waals surface area contributed by atoms with Gasteiger partial charge in [-0.05, 0) is 43.2 Å². The van der Waals surface area contributed by atoms with Crippen LogP contribution in [-0.4, -0.2) is 36.6 Å². The highest BCUT2D eigenvalue weighted by Gasteiger charge is 2.39. The van der Waals surface area contributed by atoms with Gasteiger partial charge in [0.25, 0.3) is 0 Å². The van der Waals surface area contributed by atoms with Crippen molar-refractivity contribution in [3.63, 3.8) is 0 Å². The van der Waals surface area contributed by atoms with Gasteiger partial charge in [-0.2, -0.15) is 0 Å². The van der Waals surface area contributed by atoms with Crippen LogP contribution < -0.4 is 15.0 Å². The summed E-state index contributed by atoms with van der Waals surface area (Å²) in [4.78, 5) is 26.9. The molecule has 29 heavy (non-hydrogen) atoms. The molecule has 4 rings (SSSR count). The zero-order valence-corrected chi connectivity index (χ0v) is 16.8. The van der Waals surface area contributed by atoms with E-state index in [9.17, 15) is 14.7 Å². The van der Waals surface area contributed by atoms with Crippen molar-refractivity contribution in [1.29, 1.82) is 0 Å². The number of anilines is 1. The average molecular weight is 394 g/mol. The van der Waals surface area contributed by atoms with Crippen molar-refractivity contribution < 1.29 is 19.4 Å². The number of fused-ring (bicyclic) bond motifs is 1. The summed E-state index contributed by atoms with van der Waals surface area (Å²) in [5.74, 6) is -0.0409. The molecular formula is C23H26N2O4. The van der Waals surface area contributed by atoms with Crippen molar-refractivity contribution in [3.05, 3.63) is 59.2 Å². The molecule has 2 aliphatic heterocycles. The Labute approximate surface area is 170 Å². The van der Waals surface area contributed by atoms with Crippen molar-refractivity contribution in [3.8, 4) is 5.75 Å². The molecule has 6 heteroatoms. The highest BCUT2D eigenvalue weighted by Crippen LogP contribution is 2.36. The molecule has 2 aliphatic rings. The normalized spacial score (nSPS) is 23.5. The lowest BCUT2D eigenvalue weighted by Crippen LogP contribution is -2.45. The van der Waals surface area contributed by atoms with Crippen LogP contribution in [0, 0.1) is 19.8 Å². The van der Waals surface area contributed by atoms with Crippen LogP contribution in [0.15, 0.2) is 42.5 Å². The van der Waals surface area contributed by atoms with Crippen molar-refractivity contribution in [2.75, 3.05) is 24.6 Å². The van der Waals surface area contributed by atoms with Gasteiger partial charge < -0.3 is 20.1 Å². The fourth-order valence-electron chi connectivity index (χ4n) is 4.03. The maximum atomic E-state index is 12.8. The van der Waals surface area contributed by atoms with Crippen LogP contribution >= 0.6 is 0 Å². The summed E-state index contributed by atoms with van der Waals surface area (Å²) in [7, 11) is 0. The molecule has 0 radical (unpaired) electrons. The molecule has 0 bridgehead atoms. The van der Waals surface area contributed by atoms with E-state index in [1.165, 1.54) is 5.56 Å². The quantitative estimate of drug-likeness (QED) is 0.835. The van der Waals surface area contributed by atoms with Gasteiger partial charge in [0.05, 0.1) is 19.1 Å².